The summed E-state index contributed by atoms with van der Waals surface area (Å²) < 4.78 is 2.32. The maximum Gasteiger partial charge on any atom is 0.252 e. The Balaban J connectivity index is 1.50. The zero-order valence-electron chi connectivity index (χ0n) is 14.1. The molecule has 25 heavy (non-hydrogen) atoms. The number of carbonyl (C=O) groups is 1. The van der Waals surface area contributed by atoms with Gasteiger partial charge in [0.25, 0.3) is 5.91 Å². The first-order valence-corrected chi connectivity index (χ1v) is 8.56. The van der Waals surface area contributed by atoms with Crippen molar-refractivity contribution in [2.45, 2.75) is 32.1 Å². The van der Waals surface area contributed by atoms with E-state index in [1.807, 2.05) is 0 Å². The number of hydrogen-bond donors (Lipinski definition) is 3. The van der Waals surface area contributed by atoms with Crippen LogP contribution in [0.3, 0.4) is 0 Å². The van der Waals surface area contributed by atoms with Crippen molar-refractivity contribution in [2.24, 2.45) is 0 Å². The van der Waals surface area contributed by atoms with Crippen LogP contribution in [-0.2, 0) is 6.54 Å². The molecule has 2 aromatic heterocycles. The average molecular weight is 335 g/mol. The van der Waals surface area contributed by atoms with Crippen LogP contribution in [0.25, 0.3) is 10.9 Å². The first-order chi connectivity index (χ1) is 12.3. The van der Waals surface area contributed by atoms with Gasteiger partial charge in [-0.15, -0.1) is 0 Å². The zero-order chi connectivity index (χ0) is 17.2. The molecule has 2 unspecified atom stereocenters. The minimum absolute atomic E-state index is 0.0987. The molecule has 3 aromatic rings. The summed E-state index contributed by atoms with van der Waals surface area (Å²) in [5, 5.41) is 4.26. The second-order valence-electron chi connectivity index (χ2n) is 6.21. The van der Waals surface area contributed by atoms with Gasteiger partial charge in [0.05, 0.1) is 12.2 Å². The normalized spacial score (nSPS) is 20.0. The summed E-state index contributed by atoms with van der Waals surface area (Å²) in [4.78, 5) is 16.2. The third kappa shape index (κ3) is 3.01. The maximum atomic E-state index is 12.3. The molecular weight excluding hydrogens is 314 g/mol. The van der Waals surface area contributed by atoms with Crippen LogP contribution < -0.4 is 16.2 Å². The van der Waals surface area contributed by atoms with Crippen LogP contribution in [0.15, 0.2) is 54.9 Å². The third-order valence-electron chi connectivity index (χ3n) is 4.67. The topological polar surface area (TPSA) is 71.0 Å². The fourth-order valence-electron chi connectivity index (χ4n) is 3.46. The summed E-state index contributed by atoms with van der Waals surface area (Å²) in [5.41, 5.74) is 9.60. The molecule has 1 aliphatic rings. The number of carbonyl (C=O) groups excluding carboxylic acids is 1. The van der Waals surface area contributed by atoms with Crippen LogP contribution in [0.4, 0.5) is 0 Å². The maximum absolute atomic E-state index is 12.3. The highest BCUT2D eigenvalue weighted by atomic mass is 16.1. The number of benzene rings is 1. The molecule has 6 heteroatoms. The SMILES string of the molecule is CCn1c(C2CC(NC(=O)c3ccncc3)NN2)cc2ccccc21. The van der Waals surface area contributed by atoms with Crippen molar-refractivity contribution in [3.8, 4) is 0 Å². The van der Waals surface area contributed by atoms with Gasteiger partial charge in [0.1, 0.15) is 0 Å². The molecule has 3 heterocycles. The number of aryl methyl sites for hydroxylation is 1. The Morgan fingerprint density at radius 3 is 2.84 bits per heavy atom. The number of rotatable bonds is 4. The minimum atomic E-state index is -0.117. The first-order valence-electron chi connectivity index (χ1n) is 8.56. The Kier molecular flexibility index (Phi) is 4.21. The molecule has 3 N–H and O–H groups in total. The number of hydrazine groups is 1. The van der Waals surface area contributed by atoms with E-state index in [4.69, 9.17) is 0 Å². The molecule has 0 spiro atoms. The monoisotopic (exact) mass is 335 g/mol. The predicted molar refractivity (Wildman–Crippen MR) is 96.7 cm³/mol. The number of aromatic nitrogens is 2. The Morgan fingerprint density at radius 1 is 1.24 bits per heavy atom. The van der Waals surface area contributed by atoms with E-state index in [9.17, 15) is 4.79 Å². The van der Waals surface area contributed by atoms with Gasteiger partial charge in [-0.2, -0.15) is 0 Å². The molecule has 0 aliphatic carbocycles. The van der Waals surface area contributed by atoms with E-state index in [0.29, 0.717) is 5.56 Å². The Bertz CT molecular complexity index is 889. The van der Waals surface area contributed by atoms with Gasteiger partial charge in [-0.1, -0.05) is 18.2 Å². The molecule has 1 saturated heterocycles. The molecule has 1 amide bonds. The van der Waals surface area contributed by atoms with Gasteiger partial charge in [0, 0.05) is 42.1 Å². The van der Waals surface area contributed by atoms with E-state index in [0.717, 1.165) is 13.0 Å². The van der Waals surface area contributed by atoms with E-state index in [-0.39, 0.29) is 18.1 Å². The van der Waals surface area contributed by atoms with Crippen molar-refractivity contribution in [2.75, 3.05) is 0 Å². The van der Waals surface area contributed by atoms with Gasteiger partial charge in [-0.3, -0.25) is 9.78 Å². The van der Waals surface area contributed by atoms with E-state index < -0.39 is 0 Å². The van der Waals surface area contributed by atoms with Crippen LogP contribution >= 0.6 is 0 Å². The number of nitrogens with zero attached hydrogens (tertiary/aromatic N) is 2. The fourth-order valence-corrected chi connectivity index (χ4v) is 3.46. The quantitative estimate of drug-likeness (QED) is 0.684. The van der Waals surface area contributed by atoms with E-state index in [1.54, 1.807) is 24.5 Å². The molecule has 6 nitrogen and oxygen atoms in total. The van der Waals surface area contributed by atoms with Crippen molar-refractivity contribution in [3.05, 3.63) is 66.1 Å². The molecule has 1 aliphatic heterocycles. The summed E-state index contributed by atoms with van der Waals surface area (Å²) in [5.74, 6) is -0.0987. The average Bonchev–Trinajstić information content (AvgIpc) is 3.26. The lowest BCUT2D eigenvalue weighted by Gasteiger charge is -2.14. The van der Waals surface area contributed by atoms with Crippen molar-refractivity contribution in [1.82, 2.24) is 25.7 Å². The Morgan fingerprint density at radius 2 is 2.04 bits per heavy atom. The van der Waals surface area contributed by atoms with Crippen molar-refractivity contribution >= 4 is 16.8 Å². The second-order valence-corrected chi connectivity index (χ2v) is 6.21. The van der Waals surface area contributed by atoms with Gasteiger partial charge in [-0.05, 0) is 36.6 Å². The Hall–Kier alpha value is -2.70. The Labute approximate surface area is 146 Å². The molecule has 0 radical (unpaired) electrons. The van der Waals surface area contributed by atoms with Gasteiger partial charge >= 0.3 is 0 Å². The molecule has 2 atom stereocenters. The van der Waals surface area contributed by atoms with Crippen molar-refractivity contribution < 1.29 is 4.79 Å². The lowest BCUT2D eigenvalue weighted by Crippen LogP contribution is -2.44. The van der Waals surface area contributed by atoms with Crippen molar-refractivity contribution in [1.29, 1.82) is 0 Å². The summed E-state index contributed by atoms with van der Waals surface area (Å²) in [6.45, 7) is 3.07. The largest absolute Gasteiger partial charge is 0.343 e. The zero-order valence-corrected chi connectivity index (χ0v) is 14.1. The molecule has 1 aromatic carbocycles. The summed E-state index contributed by atoms with van der Waals surface area (Å²) in [6, 6.07) is 14.2. The van der Waals surface area contributed by atoms with Crippen LogP contribution in [0, 0.1) is 0 Å². The molecule has 0 bridgehead atoms. The molecule has 128 valence electrons. The van der Waals surface area contributed by atoms with Gasteiger partial charge in [-0.25, -0.2) is 10.9 Å². The number of amides is 1. The summed E-state index contributed by atoms with van der Waals surface area (Å²) in [6.07, 6.45) is 3.91. The number of pyridine rings is 1. The van der Waals surface area contributed by atoms with Crippen molar-refractivity contribution in [3.63, 3.8) is 0 Å². The number of hydrogen-bond acceptors (Lipinski definition) is 4. The highest BCUT2D eigenvalue weighted by Gasteiger charge is 2.28. The smallest absolute Gasteiger partial charge is 0.252 e. The van der Waals surface area contributed by atoms with E-state index in [2.05, 4.69) is 63.0 Å². The first kappa shape index (κ1) is 15.8. The fraction of sp³-hybridized carbons (Fsp3) is 0.263. The van der Waals surface area contributed by atoms with Gasteiger partial charge in [0.15, 0.2) is 0 Å². The summed E-state index contributed by atoms with van der Waals surface area (Å²) >= 11 is 0. The van der Waals surface area contributed by atoms with Crippen LogP contribution in [0.2, 0.25) is 0 Å². The highest BCUT2D eigenvalue weighted by Crippen LogP contribution is 2.28. The number of para-hydroxylation sites is 1. The number of nitrogens with one attached hydrogen (secondary N) is 3. The lowest BCUT2D eigenvalue weighted by atomic mass is 10.1. The van der Waals surface area contributed by atoms with Crippen LogP contribution in [0.5, 0.6) is 0 Å². The van der Waals surface area contributed by atoms with Crippen LogP contribution in [-0.4, -0.2) is 21.6 Å². The predicted octanol–water partition coefficient (Wildman–Crippen LogP) is 2.35. The lowest BCUT2D eigenvalue weighted by molar-refractivity contribution is 0.0932. The molecule has 0 saturated carbocycles. The van der Waals surface area contributed by atoms with Gasteiger partial charge < -0.3 is 9.88 Å². The second kappa shape index (κ2) is 6.66. The third-order valence-corrected chi connectivity index (χ3v) is 4.67. The highest BCUT2D eigenvalue weighted by molar-refractivity contribution is 5.94. The molecule has 1 fully saturated rings. The molecular formula is C19H21N5O. The van der Waals surface area contributed by atoms with Crippen LogP contribution in [0.1, 0.15) is 35.4 Å². The number of fused-ring (bicyclic) bond motifs is 1. The summed E-state index contributed by atoms with van der Waals surface area (Å²) in [7, 11) is 0. The molecule has 4 rings (SSSR count). The van der Waals surface area contributed by atoms with Gasteiger partial charge in [0.2, 0.25) is 0 Å². The minimum Gasteiger partial charge on any atom is -0.343 e. The van der Waals surface area contributed by atoms with E-state index in [1.165, 1.54) is 16.6 Å². The standard InChI is InChI=1S/C19H21N5O/c1-2-24-16-6-4-3-5-14(16)11-17(24)15-12-18(23-22-15)21-19(25)13-7-9-20-10-8-13/h3-11,15,18,22-23H,2,12H2,1H3,(H,21,25). The van der Waals surface area contributed by atoms with E-state index >= 15 is 0 Å².